The summed E-state index contributed by atoms with van der Waals surface area (Å²) < 4.78 is 5.08. The molecule has 0 bridgehead atoms. The van der Waals surface area contributed by atoms with Crippen LogP contribution in [-0.2, 0) is 4.79 Å². The normalized spacial score (nSPS) is 19.1. The Morgan fingerprint density at radius 2 is 2.21 bits per heavy atom. The van der Waals surface area contributed by atoms with Crippen molar-refractivity contribution < 1.29 is 14.6 Å². The molecule has 0 saturated carbocycles. The fourth-order valence-corrected chi connectivity index (χ4v) is 2.29. The second-order valence-electron chi connectivity index (χ2n) is 4.62. The summed E-state index contributed by atoms with van der Waals surface area (Å²) in [7, 11) is 1.62. The zero-order valence-electron chi connectivity index (χ0n) is 11.1. The molecule has 4 heteroatoms. The van der Waals surface area contributed by atoms with Crippen LogP contribution in [0, 0.1) is 0 Å². The summed E-state index contributed by atoms with van der Waals surface area (Å²) in [4.78, 5) is 13.8. The Kier molecular flexibility index (Phi) is 4.58. The molecule has 19 heavy (non-hydrogen) atoms. The van der Waals surface area contributed by atoms with Gasteiger partial charge in [-0.2, -0.15) is 0 Å². The molecule has 1 aromatic carbocycles. The maximum absolute atomic E-state index is 12.0. The first kappa shape index (κ1) is 13.6. The highest BCUT2D eigenvalue weighted by atomic mass is 16.5. The van der Waals surface area contributed by atoms with Crippen molar-refractivity contribution in [3.63, 3.8) is 0 Å². The van der Waals surface area contributed by atoms with E-state index >= 15 is 0 Å². The van der Waals surface area contributed by atoms with Gasteiger partial charge in [0.15, 0.2) is 0 Å². The summed E-state index contributed by atoms with van der Waals surface area (Å²) in [6.45, 7) is 0.777. The monoisotopic (exact) mass is 261 g/mol. The zero-order chi connectivity index (χ0) is 13.7. The molecule has 1 aliphatic heterocycles. The molecular weight excluding hydrogens is 242 g/mol. The number of methoxy groups -OCH3 is 1. The third-order valence-electron chi connectivity index (χ3n) is 3.41. The number of aliphatic hydroxyl groups is 1. The van der Waals surface area contributed by atoms with Gasteiger partial charge in [-0.15, -0.1) is 0 Å². The number of rotatable bonds is 4. The molecule has 1 atom stereocenters. The second-order valence-corrected chi connectivity index (χ2v) is 4.62. The quantitative estimate of drug-likeness (QED) is 0.839. The van der Waals surface area contributed by atoms with Gasteiger partial charge in [-0.3, -0.25) is 4.79 Å². The van der Waals surface area contributed by atoms with Gasteiger partial charge in [-0.25, -0.2) is 0 Å². The molecule has 2 rings (SSSR count). The minimum Gasteiger partial charge on any atom is -0.497 e. The van der Waals surface area contributed by atoms with E-state index in [1.165, 1.54) is 0 Å². The molecule has 0 unspecified atom stereocenters. The van der Waals surface area contributed by atoms with Crippen molar-refractivity contribution in [1.82, 2.24) is 4.90 Å². The van der Waals surface area contributed by atoms with Crippen LogP contribution in [0.15, 0.2) is 30.3 Å². The number of aliphatic hydroxyl groups excluding tert-OH is 1. The molecule has 1 N–H and O–H groups in total. The Bertz CT molecular complexity index is 453. The van der Waals surface area contributed by atoms with Crippen LogP contribution >= 0.6 is 0 Å². The van der Waals surface area contributed by atoms with E-state index < -0.39 is 0 Å². The third kappa shape index (κ3) is 3.35. The van der Waals surface area contributed by atoms with Crippen molar-refractivity contribution >= 4 is 12.0 Å². The van der Waals surface area contributed by atoms with Gasteiger partial charge < -0.3 is 14.7 Å². The van der Waals surface area contributed by atoms with Crippen LogP contribution in [-0.4, -0.2) is 42.2 Å². The van der Waals surface area contributed by atoms with Crippen LogP contribution < -0.4 is 4.74 Å². The lowest BCUT2D eigenvalue weighted by Gasteiger charge is -2.21. The average Bonchev–Trinajstić information content (AvgIpc) is 2.93. The van der Waals surface area contributed by atoms with E-state index in [1.54, 1.807) is 24.2 Å². The summed E-state index contributed by atoms with van der Waals surface area (Å²) in [5.41, 5.74) is 0.953. The molecule has 1 fully saturated rings. The number of carbonyl (C=O) groups excluding carboxylic acids is 1. The Hall–Kier alpha value is -1.81. The number of likely N-dealkylation sites (tertiary alicyclic amines) is 1. The minimum atomic E-state index is -0.0348. The van der Waals surface area contributed by atoms with Crippen molar-refractivity contribution in [2.24, 2.45) is 0 Å². The smallest absolute Gasteiger partial charge is 0.246 e. The number of hydrogen-bond acceptors (Lipinski definition) is 3. The summed E-state index contributed by atoms with van der Waals surface area (Å²) in [6.07, 6.45) is 5.20. The number of benzene rings is 1. The molecule has 1 aliphatic rings. The topological polar surface area (TPSA) is 49.8 Å². The molecule has 102 valence electrons. The molecule has 0 spiro atoms. The lowest BCUT2D eigenvalue weighted by molar-refractivity contribution is -0.127. The second kappa shape index (κ2) is 6.38. The molecule has 1 saturated heterocycles. The molecule has 4 nitrogen and oxygen atoms in total. The Morgan fingerprint density at radius 3 is 2.84 bits per heavy atom. The lowest BCUT2D eigenvalue weighted by Crippen LogP contribution is -2.36. The highest BCUT2D eigenvalue weighted by molar-refractivity contribution is 5.92. The highest BCUT2D eigenvalue weighted by Crippen LogP contribution is 2.18. The molecule has 0 aliphatic carbocycles. The van der Waals surface area contributed by atoms with Gasteiger partial charge in [0, 0.05) is 12.6 Å². The average molecular weight is 261 g/mol. The van der Waals surface area contributed by atoms with Crippen molar-refractivity contribution in [2.75, 3.05) is 20.3 Å². The van der Waals surface area contributed by atoms with Crippen molar-refractivity contribution in [3.05, 3.63) is 35.9 Å². The number of ether oxygens (including phenoxy) is 1. The number of amides is 1. The van der Waals surface area contributed by atoms with E-state index in [1.807, 2.05) is 24.3 Å². The van der Waals surface area contributed by atoms with Crippen LogP contribution in [0.1, 0.15) is 18.4 Å². The summed E-state index contributed by atoms with van der Waals surface area (Å²) in [6, 6.07) is 7.49. The Labute approximate surface area is 113 Å². The van der Waals surface area contributed by atoms with Crippen LogP contribution in [0.25, 0.3) is 6.08 Å². The first-order valence-corrected chi connectivity index (χ1v) is 6.48. The molecule has 1 aromatic rings. The zero-order valence-corrected chi connectivity index (χ0v) is 11.1. The maximum Gasteiger partial charge on any atom is 0.246 e. The summed E-state index contributed by atoms with van der Waals surface area (Å²) in [5.74, 6) is 0.760. The first-order chi connectivity index (χ1) is 9.24. The van der Waals surface area contributed by atoms with Crippen LogP contribution in [0.5, 0.6) is 5.75 Å². The molecule has 1 amide bonds. The lowest BCUT2D eigenvalue weighted by atomic mass is 10.2. The summed E-state index contributed by atoms with van der Waals surface area (Å²) in [5, 5.41) is 9.20. The standard InChI is InChI=1S/C15H19NO3/c1-19-14-7-4-12(5-8-14)6-9-15(18)16-10-2-3-13(16)11-17/h4-9,13,17H,2-3,10-11H2,1H3/t13-/m1/s1. The van der Waals surface area contributed by atoms with Gasteiger partial charge in [0.1, 0.15) is 5.75 Å². The van der Waals surface area contributed by atoms with Gasteiger partial charge in [0.25, 0.3) is 0 Å². The predicted octanol–water partition coefficient (Wildman–Crippen LogP) is 1.69. The number of carbonyl (C=O) groups is 1. The maximum atomic E-state index is 12.0. The van der Waals surface area contributed by atoms with E-state index in [-0.39, 0.29) is 18.6 Å². The van der Waals surface area contributed by atoms with E-state index in [0.717, 1.165) is 30.7 Å². The molecule has 0 aromatic heterocycles. The fourth-order valence-electron chi connectivity index (χ4n) is 2.29. The number of nitrogens with zero attached hydrogens (tertiary/aromatic N) is 1. The molecule has 1 heterocycles. The van der Waals surface area contributed by atoms with Crippen LogP contribution in [0.3, 0.4) is 0 Å². The molecule has 0 radical (unpaired) electrons. The Morgan fingerprint density at radius 1 is 1.47 bits per heavy atom. The highest BCUT2D eigenvalue weighted by Gasteiger charge is 2.26. The fraction of sp³-hybridized carbons (Fsp3) is 0.400. The first-order valence-electron chi connectivity index (χ1n) is 6.48. The van der Waals surface area contributed by atoms with E-state index in [0.29, 0.717) is 0 Å². The summed E-state index contributed by atoms with van der Waals surface area (Å²) >= 11 is 0. The van der Waals surface area contributed by atoms with Crippen molar-refractivity contribution in [3.8, 4) is 5.75 Å². The largest absolute Gasteiger partial charge is 0.497 e. The van der Waals surface area contributed by atoms with Crippen molar-refractivity contribution in [2.45, 2.75) is 18.9 Å². The van der Waals surface area contributed by atoms with Crippen molar-refractivity contribution in [1.29, 1.82) is 0 Å². The van der Waals surface area contributed by atoms with Crippen LogP contribution in [0.4, 0.5) is 0 Å². The number of hydrogen-bond donors (Lipinski definition) is 1. The van der Waals surface area contributed by atoms with Gasteiger partial charge in [-0.05, 0) is 36.6 Å². The minimum absolute atomic E-state index is 0.0204. The van der Waals surface area contributed by atoms with Gasteiger partial charge in [-0.1, -0.05) is 12.1 Å². The van der Waals surface area contributed by atoms with Gasteiger partial charge in [0.05, 0.1) is 19.8 Å². The van der Waals surface area contributed by atoms with Crippen LogP contribution in [0.2, 0.25) is 0 Å². The van der Waals surface area contributed by atoms with Gasteiger partial charge in [0.2, 0.25) is 5.91 Å². The van der Waals surface area contributed by atoms with Gasteiger partial charge >= 0.3 is 0 Å². The SMILES string of the molecule is COc1ccc(C=CC(=O)N2CCC[C@@H]2CO)cc1. The van der Waals surface area contributed by atoms with E-state index in [4.69, 9.17) is 4.74 Å². The van der Waals surface area contributed by atoms with E-state index in [2.05, 4.69) is 0 Å². The predicted molar refractivity (Wildman–Crippen MR) is 73.8 cm³/mol. The Balaban J connectivity index is 1.99. The molecular formula is C15H19NO3. The third-order valence-corrected chi connectivity index (χ3v) is 3.41. The van der Waals surface area contributed by atoms with E-state index in [9.17, 15) is 9.90 Å².